The van der Waals surface area contributed by atoms with Crippen molar-refractivity contribution in [2.45, 2.75) is 6.92 Å². The Morgan fingerprint density at radius 2 is 2.32 bits per heavy atom. The minimum atomic E-state index is -0.459. The molecule has 0 unspecified atom stereocenters. The van der Waals surface area contributed by atoms with Gasteiger partial charge >= 0.3 is 0 Å². The van der Waals surface area contributed by atoms with Crippen LogP contribution in [0.3, 0.4) is 0 Å². The number of rotatable bonds is 2. The second kappa shape index (κ2) is 4.09. The van der Waals surface area contributed by atoms with Gasteiger partial charge in [0.25, 0.3) is 11.5 Å². The van der Waals surface area contributed by atoms with E-state index in [1.165, 1.54) is 12.5 Å². The zero-order chi connectivity index (χ0) is 13.4. The Bertz CT molecular complexity index is 799. The first-order valence-electron chi connectivity index (χ1n) is 5.44. The number of hydrogen-bond acceptors (Lipinski definition) is 5. The van der Waals surface area contributed by atoms with Gasteiger partial charge in [0.05, 0.1) is 18.1 Å². The molecule has 96 valence electrons. The van der Waals surface area contributed by atoms with E-state index in [0.717, 1.165) is 0 Å². The summed E-state index contributed by atoms with van der Waals surface area (Å²) in [5, 5.41) is 9.04. The number of furan rings is 1. The first kappa shape index (κ1) is 11.2. The molecule has 0 spiro atoms. The summed E-state index contributed by atoms with van der Waals surface area (Å²) in [6, 6.07) is 1.60. The first-order chi connectivity index (χ1) is 9.16. The fraction of sp³-hybridized carbons (Fsp3) is 0.0909. The zero-order valence-corrected chi connectivity index (χ0v) is 9.85. The number of fused-ring (bicyclic) bond motifs is 1. The van der Waals surface area contributed by atoms with E-state index in [0.29, 0.717) is 11.6 Å². The summed E-state index contributed by atoms with van der Waals surface area (Å²) in [6.45, 7) is 1.60. The number of aryl methyl sites for hydroxylation is 1. The third kappa shape index (κ3) is 1.79. The second-order valence-electron chi connectivity index (χ2n) is 3.87. The molecule has 0 aliphatic carbocycles. The molecule has 0 bridgehead atoms. The molecule has 1 amide bonds. The highest BCUT2D eigenvalue weighted by Gasteiger charge is 2.21. The molecule has 0 atom stereocenters. The van der Waals surface area contributed by atoms with Gasteiger partial charge in [-0.2, -0.15) is 5.10 Å². The van der Waals surface area contributed by atoms with Crippen molar-refractivity contribution in [2.24, 2.45) is 0 Å². The SMILES string of the molecule is Cc1oc2nc[nH]c(=O)c2c1C(=O)Nc1ccn[nH]1. The highest BCUT2D eigenvalue weighted by molar-refractivity contribution is 6.12. The van der Waals surface area contributed by atoms with Gasteiger partial charge in [0.15, 0.2) is 0 Å². The van der Waals surface area contributed by atoms with Crippen LogP contribution in [0.5, 0.6) is 0 Å². The van der Waals surface area contributed by atoms with E-state index in [9.17, 15) is 9.59 Å². The highest BCUT2D eigenvalue weighted by Crippen LogP contribution is 2.21. The maximum absolute atomic E-state index is 12.2. The van der Waals surface area contributed by atoms with Crippen LogP contribution >= 0.6 is 0 Å². The molecule has 0 radical (unpaired) electrons. The van der Waals surface area contributed by atoms with Gasteiger partial charge in [0.1, 0.15) is 17.0 Å². The number of nitrogens with zero attached hydrogens (tertiary/aromatic N) is 2. The predicted octanol–water partition coefficient (Wildman–Crippen LogP) is 0.800. The lowest BCUT2D eigenvalue weighted by Gasteiger charge is -2.00. The molecule has 0 aromatic carbocycles. The Labute approximate surface area is 105 Å². The van der Waals surface area contributed by atoms with Gasteiger partial charge in [-0.25, -0.2) is 4.98 Å². The molecule has 0 saturated heterocycles. The lowest BCUT2D eigenvalue weighted by Crippen LogP contribution is -2.16. The maximum atomic E-state index is 12.2. The average Bonchev–Trinajstić information content (AvgIpc) is 2.96. The van der Waals surface area contributed by atoms with Gasteiger partial charge in [0, 0.05) is 6.07 Å². The van der Waals surface area contributed by atoms with E-state index in [4.69, 9.17) is 4.42 Å². The Hall–Kier alpha value is -2.90. The molecule has 3 aromatic heterocycles. The van der Waals surface area contributed by atoms with Crippen molar-refractivity contribution in [1.82, 2.24) is 20.2 Å². The van der Waals surface area contributed by atoms with Crippen molar-refractivity contribution >= 4 is 22.8 Å². The lowest BCUT2D eigenvalue weighted by molar-refractivity contribution is 0.102. The summed E-state index contributed by atoms with van der Waals surface area (Å²) in [4.78, 5) is 30.2. The van der Waals surface area contributed by atoms with Crippen LogP contribution in [0.25, 0.3) is 11.1 Å². The minimum absolute atomic E-state index is 0.135. The van der Waals surface area contributed by atoms with E-state index in [2.05, 4.69) is 25.5 Å². The molecule has 8 nitrogen and oxygen atoms in total. The average molecular weight is 259 g/mol. The van der Waals surface area contributed by atoms with Crippen molar-refractivity contribution in [2.75, 3.05) is 5.32 Å². The Balaban J connectivity index is 2.12. The van der Waals surface area contributed by atoms with Crippen LogP contribution in [-0.2, 0) is 0 Å². The van der Waals surface area contributed by atoms with Crippen molar-refractivity contribution in [3.05, 3.63) is 40.3 Å². The summed E-state index contributed by atoms with van der Waals surface area (Å²) in [7, 11) is 0. The van der Waals surface area contributed by atoms with Crippen LogP contribution in [0.2, 0.25) is 0 Å². The molecule has 0 fully saturated rings. The third-order valence-electron chi connectivity index (χ3n) is 2.65. The number of anilines is 1. The summed E-state index contributed by atoms with van der Waals surface area (Å²) in [6.07, 6.45) is 2.73. The fourth-order valence-electron chi connectivity index (χ4n) is 1.84. The quantitative estimate of drug-likeness (QED) is 0.629. The molecule has 19 heavy (non-hydrogen) atoms. The van der Waals surface area contributed by atoms with Gasteiger partial charge in [0.2, 0.25) is 5.71 Å². The third-order valence-corrected chi connectivity index (χ3v) is 2.65. The molecule has 0 aliphatic heterocycles. The van der Waals surface area contributed by atoms with Gasteiger partial charge in [-0.15, -0.1) is 0 Å². The van der Waals surface area contributed by atoms with E-state index >= 15 is 0 Å². The number of hydrogen-bond donors (Lipinski definition) is 3. The number of carbonyl (C=O) groups excluding carboxylic acids is 1. The van der Waals surface area contributed by atoms with Crippen molar-refractivity contribution in [1.29, 1.82) is 0 Å². The number of H-pyrrole nitrogens is 2. The molecular weight excluding hydrogens is 250 g/mol. The number of amides is 1. The van der Waals surface area contributed by atoms with E-state index in [1.54, 1.807) is 13.0 Å². The number of carbonyl (C=O) groups is 1. The van der Waals surface area contributed by atoms with Crippen LogP contribution < -0.4 is 10.9 Å². The van der Waals surface area contributed by atoms with Gasteiger partial charge < -0.3 is 14.7 Å². The largest absolute Gasteiger partial charge is 0.442 e. The Morgan fingerprint density at radius 3 is 3.05 bits per heavy atom. The summed E-state index contributed by atoms with van der Waals surface area (Å²) >= 11 is 0. The first-order valence-corrected chi connectivity index (χ1v) is 5.44. The fourth-order valence-corrected chi connectivity index (χ4v) is 1.84. The van der Waals surface area contributed by atoms with E-state index in [-0.39, 0.29) is 16.7 Å². The molecule has 3 rings (SSSR count). The van der Waals surface area contributed by atoms with Crippen molar-refractivity contribution in [3.63, 3.8) is 0 Å². The Morgan fingerprint density at radius 1 is 1.47 bits per heavy atom. The van der Waals surface area contributed by atoms with Crippen LogP contribution in [0.4, 0.5) is 5.82 Å². The molecule has 3 aromatic rings. The second-order valence-corrected chi connectivity index (χ2v) is 3.87. The van der Waals surface area contributed by atoms with Crippen LogP contribution in [0.15, 0.2) is 27.8 Å². The normalized spacial score (nSPS) is 10.8. The monoisotopic (exact) mass is 259 g/mol. The molecule has 0 aliphatic rings. The topological polar surface area (TPSA) is 117 Å². The summed E-state index contributed by atoms with van der Waals surface area (Å²) in [5.41, 5.74) is -0.119. The lowest BCUT2D eigenvalue weighted by atomic mass is 10.2. The molecular formula is C11H9N5O3. The van der Waals surface area contributed by atoms with Gasteiger partial charge in [-0.3, -0.25) is 14.7 Å². The minimum Gasteiger partial charge on any atom is -0.442 e. The Kier molecular flexibility index (Phi) is 2.41. The molecule has 8 heteroatoms. The zero-order valence-electron chi connectivity index (χ0n) is 9.85. The van der Waals surface area contributed by atoms with Crippen molar-refractivity contribution in [3.8, 4) is 0 Å². The summed E-state index contributed by atoms with van der Waals surface area (Å²) < 4.78 is 5.30. The van der Waals surface area contributed by atoms with Gasteiger partial charge in [-0.1, -0.05) is 0 Å². The molecule has 3 N–H and O–H groups in total. The standard InChI is InChI=1S/C11H9N5O3/c1-5-7(10(18)15-6-2-3-14-16-6)8-9(17)12-4-13-11(8)19-5/h2-4H,1H3,(H,12,13,17)(H2,14,15,16,18). The smallest absolute Gasteiger partial charge is 0.262 e. The van der Waals surface area contributed by atoms with Crippen LogP contribution in [-0.4, -0.2) is 26.1 Å². The number of nitrogens with one attached hydrogen (secondary N) is 3. The predicted molar refractivity (Wildman–Crippen MR) is 65.9 cm³/mol. The summed E-state index contributed by atoms with van der Waals surface area (Å²) in [5.74, 6) is 0.300. The van der Waals surface area contributed by atoms with Gasteiger partial charge in [-0.05, 0) is 6.92 Å². The molecule has 0 saturated carbocycles. The number of aromatic amines is 2. The van der Waals surface area contributed by atoms with Crippen LogP contribution in [0.1, 0.15) is 16.1 Å². The van der Waals surface area contributed by atoms with Crippen LogP contribution in [0, 0.1) is 6.92 Å². The van der Waals surface area contributed by atoms with E-state index in [1.807, 2.05) is 0 Å². The maximum Gasteiger partial charge on any atom is 0.262 e. The molecule has 3 heterocycles. The highest BCUT2D eigenvalue weighted by atomic mass is 16.3. The number of aromatic nitrogens is 4. The van der Waals surface area contributed by atoms with Crippen molar-refractivity contribution < 1.29 is 9.21 Å². The van der Waals surface area contributed by atoms with E-state index < -0.39 is 11.5 Å².